The summed E-state index contributed by atoms with van der Waals surface area (Å²) in [5.74, 6) is 1.09. The van der Waals surface area contributed by atoms with Gasteiger partial charge in [0.1, 0.15) is 5.82 Å². The quantitative estimate of drug-likeness (QED) is 0.832. The van der Waals surface area contributed by atoms with E-state index in [1.54, 1.807) is 6.20 Å². The number of rotatable bonds is 5. The molecule has 2 aromatic rings. The fraction of sp³-hybridized carbons (Fsp3) is 0.250. The number of aromatic nitrogens is 1. The Morgan fingerprint density at radius 3 is 2.38 bits per heavy atom. The second-order valence-corrected chi connectivity index (χ2v) is 6.13. The minimum atomic E-state index is 0.0143. The molecule has 2 N–H and O–H groups in total. The van der Waals surface area contributed by atoms with Crippen LogP contribution < -0.4 is 10.6 Å². The highest BCUT2D eigenvalue weighted by Gasteiger charge is 2.05. The molecule has 0 bridgehead atoms. The summed E-state index contributed by atoms with van der Waals surface area (Å²) < 4.78 is 1.03. The van der Waals surface area contributed by atoms with Gasteiger partial charge in [0, 0.05) is 16.6 Å². The molecule has 0 aliphatic heterocycles. The molecule has 1 amide bonds. The van der Waals surface area contributed by atoms with Crippen LogP contribution in [0.5, 0.6) is 0 Å². The van der Waals surface area contributed by atoms with Crippen molar-refractivity contribution < 1.29 is 4.79 Å². The summed E-state index contributed by atoms with van der Waals surface area (Å²) >= 11 is 3.40. The zero-order valence-corrected chi connectivity index (χ0v) is 13.6. The van der Waals surface area contributed by atoms with E-state index in [2.05, 4.69) is 31.5 Å². The summed E-state index contributed by atoms with van der Waals surface area (Å²) in [6.07, 6.45) is 2.16. The molecule has 0 aliphatic carbocycles. The van der Waals surface area contributed by atoms with Crippen LogP contribution in [-0.2, 0) is 4.79 Å². The van der Waals surface area contributed by atoms with Gasteiger partial charge in [0.15, 0.2) is 0 Å². The van der Waals surface area contributed by atoms with Crippen LogP contribution >= 0.6 is 15.9 Å². The van der Waals surface area contributed by atoms with Gasteiger partial charge in [-0.05, 0) is 42.3 Å². The number of nitrogens with one attached hydrogen (secondary N) is 2. The van der Waals surface area contributed by atoms with Crippen molar-refractivity contribution >= 4 is 39.0 Å². The van der Waals surface area contributed by atoms with Gasteiger partial charge in [-0.3, -0.25) is 4.79 Å². The Balaban J connectivity index is 1.95. The van der Waals surface area contributed by atoms with Crippen molar-refractivity contribution in [2.75, 3.05) is 10.6 Å². The maximum absolute atomic E-state index is 11.7. The van der Waals surface area contributed by atoms with Crippen LogP contribution in [0.1, 0.15) is 20.3 Å². The smallest absolute Gasteiger partial charge is 0.224 e. The van der Waals surface area contributed by atoms with Crippen LogP contribution in [0.25, 0.3) is 0 Å². The number of carbonyl (C=O) groups excluding carboxylic acids is 1. The van der Waals surface area contributed by atoms with E-state index < -0.39 is 0 Å². The summed E-state index contributed by atoms with van der Waals surface area (Å²) in [4.78, 5) is 16.0. The van der Waals surface area contributed by atoms with Crippen LogP contribution in [-0.4, -0.2) is 10.9 Å². The first-order valence-corrected chi connectivity index (χ1v) is 7.61. The number of benzene rings is 1. The molecule has 1 aromatic heterocycles. The molecule has 0 spiro atoms. The largest absolute Gasteiger partial charge is 0.340 e. The minimum absolute atomic E-state index is 0.0143. The van der Waals surface area contributed by atoms with Gasteiger partial charge in [-0.1, -0.05) is 29.8 Å². The highest BCUT2D eigenvalue weighted by molar-refractivity contribution is 9.10. The fourth-order valence-corrected chi connectivity index (χ4v) is 2.07. The minimum Gasteiger partial charge on any atom is -0.340 e. The van der Waals surface area contributed by atoms with E-state index in [4.69, 9.17) is 0 Å². The molecule has 2 rings (SSSR count). The predicted molar refractivity (Wildman–Crippen MR) is 89.7 cm³/mol. The van der Waals surface area contributed by atoms with Gasteiger partial charge in [-0.25, -0.2) is 4.98 Å². The average molecular weight is 348 g/mol. The molecule has 0 atom stereocenters. The van der Waals surface area contributed by atoms with Gasteiger partial charge in [0.05, 0.1) is 11.9 Å². The Morgan fingerprint density at radius 1 is 1.14 bits per heavy atom. The first-order valence-electron chi connectivity index (χ1n) is 6.81. The lowest BCUT2D eigenvalue weighted by Crippen LogP contribution is -2.13. The standard InChI is InChI=1S/C16H18BrN3O/c1-11(2)9-16(21)20-14-7-8-15(18-10-14)19-13-5-3-12(17)4-6-13/h3-8,10-11H,9H2,1-2H3,(H,18,19)(H,20,21). The van der Waals surface area contributed by atoms with Crippen LogP contribution in [0.3, 0.4) is 0 Å². The van der Waals surface area contributed by atoms with Crippen molar-refractivity contribution in [3.63, 3.8) is 0 Å². The zero-order valence-electron chi connectivity index (χ0n) is 12.1. The average Bonchev–Trinajstić information content (AvgIpc) is 2.42. The van der Waals surface area contributed by atoms with Crippen molar-refractivity contribution in [1.82, 2.24) is 4.98 Å². The van der Waals surface area contributed by atoms with Gasteiger partial charge in [0.2, 0.25) is 5.91 Å². The summed E-state index contributed by atoms with van der Waals surface area (Å²) in [6.45, 7) is 4.03. The van der Waals surface area contributed by atoms with Gasteiger partial charge in [-0.15, -0.1) is 0 Å². The first kappa shape index (κ1) is 15.5. The van der Waals surface area contributed by atoms with E-state index in [0.717, 1.165) is 16.0 Å². The number of hydrogen-bond acceptors (Lipinski definition) is 3. The third-order valence-electron chi connectivity index (χ3n) is 2.76. The van der Waals surface area contributed by atoms with Crippen LogP contribution in [0.15, 0.2) is 47.1 Å². The topological polar surface area (TPSA) is 54.0 Å². The monoisotopic (exact) mass is 347 g/mol. The molecular weight excluding hydrogens is 330 g/mol. The van der Waals surface area contributed by atoms with Crippen LogP contribution in [0.4, 0.5) is 17.2 Å². The van der Waals surface area contributed by atoms with E-state index >= 15 is 0 Å². The van der Waals surface area contributed by atoms with Gasteiger partial charge >= 0.3 is 0 Å². The van der Waals surface area contributed by atoms with Crippen molar-refractivity contribution in [3.05, 3.63) is 47.1 Å². The van der Waals surface area contributed by atoms with E-state index in [1.165, 1.54) is 0 Å². The van der Waals surface area contributed by atoms with E-state index in [1.807, 2.05) is 50.2 Å². The molecule has 0 saturated heterocycles. The Labute approximate surface area is 133 Å². The van der Waals surface area contributed by atoms with Gasteiger partial charge in [0.25, 0.3) is 0 Å². The van der Waals surface area contributed by atoms with Gasteiger partial charge < -0.3 is 10.6 Å². The third kappa shape index (κ3) is 5.19. The van der Waals surface area contributed by atoms with Gasteiger partial charge in [-0.2, -0.15) is 0 Å². The van der Waals surface area contributed by atoms with Crippen molar-refractivity contribution in [2.24, 2.45) is 5.92 Å². The number of anilines is 3. The Bertz CT molecular complexity index is 594. The number of nitrogens with zero attached hydrogens (tertiary/aromatic N) is 1. The lowest BCUT2D eigenvalue weighted by atomic mass is 10.1. The van der Waals surface area contributed by atoms with Crippen LogP contribution in [0, 0.1) is 5.92 Å². The van der Waals surface area contributed by atoms with Crippen molar-refractivity contribution in [1.29, 1.82) is 0 Å². The molecule has 5 heteroatoms. The van der Waals surface area contributed by atoms with E-state index in [9.17, 15) is 4.79 Å². The Kier molecular flexibility index (Phi) is 5.33. The second kappa shape index (κ2) is 7.22. The molecule has 4 nitrogen and oxygen atoms in total. The molecular formula is C16H18BrN3O. The van der Waals surface area contributed by atoms with Crippen LogP contribution in [0.2, 0.25) is 0 Å². The molecule has 0 fully saturated rings. The highest BCUT2D eigenvalue weighted by Crippen LogP contribution is 2.19. The highest BCUT2D eigenvalue weighted by atomic mass is 79.9. The van der Waals surface area contributed by atoms with Crippen molar-refractivity contribution in [3.8, 4) is 0 Å². The van der Waals surface area contributed by atoms with Crippen molar-refractivity contribution in [2.45, 2.75) is 20.3 Å². The summed E-state index contributed by atoms with van der Waals surface area (Å²) in [6, 6.07) is 11.5. The maximum atomic E-state index is 11.7. The molecule has 1 aromatic carbocycles. The molecule has 0 saturated carbocycles. The number of hydrogen-bond donors (Lipinski definition) is 2. The number of carbonyl (C=O) groups is 1. The second-order valence-electron chi connectivity index (χ2n) is 5.21. The lowest BCUT2D eigenvalue weighted by Gasteiger charge is -2.09. The number of amides is 1. The maximum Gasteiger partial charge on any atom is 0.224 e. The summed E-state index contributed by atoms with van der Waals surface area (Å²) in [5.41, 5.74) is 1.67. The number of halogens is 1. The molecule has 21 heavy (non-hydrogen) atoms. The lowest BCUT2D eigenvalue weighted by molar-refractivity contribution is -0.116. The van der Waals surface area contributed by atoms with E-state index in [0.29, 0.717) is 18.0 Å². The molecule has 0 aliphatic rings. The molecule has 0 radical (unpaired) electrons. The Hall–Kier alpha value is -1.88. The number of pyridine rings is 1. The predicted octanol–water partition coefficient (Wildman–Crippen LogP) is 4.57. The van der Waals surface area contributed by atoms with E-state index in [-0.39, 0.29) is 5.91 Å². The molecule has 110 valence electrons. The zero-order chi connectivity index (χ0) is 15.2. The summed E-state index contributed by atoms with van der Waals surface area (Å²) in [7, 11) is 0. The normalized spacial score (nSPS) is 10.5. The third-order valence-corrected chi connectivity index (χ3v) is 3.29. The first-order chi connectivity index (χ1) is 10.0. The molecule has 1 heterocycles. The summed E-state index contributed by atoms with van der Waals surface area (Å²) in [5, 5.41) is 6.04. The fourth-order valence-electron chi connectivity index (χ4n) is 1.81. The SMILES string of the molecule is CC(C)CC(=O)Nc1ccc(Nc2ccc(Br)cc2)nc1. The molecule has 0 unspecified atom stereocenters. The Morgan fingerprint density at radius 2 is 1.81 bits per heavy atom.